The van der Waals surface area contributed by atoms with Gasteiger partial charge in [0.2, 0.25) is 0 Å². The number of esters is 2. The van der Waals surface area contributed by atoms with Gasteiger partial charge in [0, 0.05) is 30.3 Å². The third-order valence-corrected chi connectivity index (χ3v) is 6.13. The first-order valence-corrected chi connectivity index (χ1v) is 8.11. The van der Waals surface area contributed by atoms with E-state index >= 15 is 0 Å². The van der Waals surface area contributed by atoms with Crippen LogP contribution in [0.2, 0.25) is 0 Å². The third-order valence-electron chi connectivity index (χ3n) is 6.13. The van der Waals surface area contributed by atoms with E-state index in [0.717, 1.165) is 0 Å². The zero-order chi connectivity index (χ0) is 17.1. The summed E-state index contributed by atoms with van der Waals surface area (Å²) >= 11 is 0. The Morgan fingerprint density at radius 3 is 2.65 bits per heavy atom. The minimum atomic E-state index is -0.975. The number of ether oxygens (including phenoxy) is 2. The largest absolute Gasteiger partial charge is 0.462 e. The van der Waals surface area contributed by atoms with Crippen LogP contribution in [-0.4, -0.2) is 46.6 Å². The molecule has 128 valence electrons. The fourth-order valence-corrected chi connectivity index (χ4v) is 5.09. The highest BCUT2D eigenvalue weighted by Crippen LogP contribution is 2.57. The smallest absolute Gasteiger partial charge is 0.334 e. The van der Waals surface area contributed by atoms with Crippen LogP contribution < -0.4 is 0 Å². The summed E-state index contributed by atoms with van der Waals surface area (Å²) in [6, 6.07) is 0. The third kappa shape index (κ3) is 2.22. The zero-order valence-corrected chi connectivity index (χ0v) is 13.7. The molecule has 3 rings (SSSR count). The lowest BCUT2D eigenvalue weighted by atomic mass is 9.67. The van der Waals surface area contributed by atoms with Crippen LogP contribution in [0.5, 0.6) is 0 Å². The molecule has 0 bridgehead atoms. The van der Waals surface area contributed by atoms with E-state index in [-0.39, 0.29) is 17.4 Å². The molecular weight excluding hydrogens is 300 g/mol. The maximum atomic E-state index is 11.8. The summed E-state index contributed by atoms with van der Waals surface area (Å²) in [7, 11) is 0. The first-order valence-electron chi connectivity index (χ1n) is 8.11. The van der Waals surface area contributed by atoms with Crippen LogP contribution in [0.15, 0.2) is 12.2 Å². The van der Waals surface area contributed by atoms with E-state index in [1.165, 1.54) is 6.92 Å². The Balaban J connectivity index is 2.02. The molecule has 0 unspecified atom stereocenters. The van der Waals surface area contributed by atoms with Gasteiger partial charge in [-0.25, -0.2) is 4.79 Å². The van der Waals surface area contributed by atoms with E-state index in [2.05, 4.69) is 6.58 Å². The molecule has 0 aromatic rings. The molecule has 2 N–H and O–H groups in total. The molecule has 1 aliphatic heterocycles. The summed E-state index contributed by atoms with van der Waals surface area (Å²) in [4.78, 5) is 23.2. The number of carbonyl (C=O) groups is 2. The van der Waals surface area contributed by atoms with Gasteiger partial charge in [0.1, 0.15) is 12.2 Å². The van der Waals surface area contributed by atoms with Crippen molar-refractivity contribution in [1.82, 2.24) is 0 Å². The predicted molar refractivity (Wildman–Crippen MR) is 80.1 cm³/mol. The van der Waals surface area contributed by atoms with Gasteiger partial charge in [0.15, 0.2) is 0 Å². The van der Waals surface area contributed by atoms with Crippen LogP contribution in [0.25, 0.3) is 0 Å². The van der Waals surface area contributed by atoms with Crippen LogP contribution in [0, 0.1) is 23.2 Å². The second-order valence-electron chi connectivity index (χ2n) is 7.44. The molecule has 0 aromatic heterocycles. The predicted octanol–water partition coefficient (Wildman–Crippen LogP) is 0.804. The maximum Gasteiger partial charge on any atom is 0.334 e. The standard InChI is InChI=1S/C17H24O6/c1-7-5-10-13(8(2)16(21)23-10)15(20)17(4)12(19)6-11(14(7)17)22-9(3)18/h7,10-15,19-20H,2,5-6H2,1,3-4H3/t7-,10-,11+,12+,13-,14-,15+,17-/m1/s1. The van der Waals surface area contributed by atoms with Crippen LogP contribution in [0.4, 0.5) is 0 Å². The lowest BCUT2D eigenvalue weighted by molar-refractivity contribution is -0.152. The Morgan fingerprint density at radius 2 is 2.04 bits per heavy atom. The summed E-state index contributed by atoms with van der Waals surface area (Å²) in [5.41, 5.74) is -0.615. The molecule has 2 saturated carbocycles. The Labute approximate surface area is 135 Å². The van der Waals surface area contributed by atoms with Gasteiger partial charge < -0.3 is 19.7 Å². The minimum absolute atomic E-state index is 0.0184. The van der Waals surface area contributed by atoms with E-state index in [4.69, 9.17) is 9.47 Å². The van der Waals surface area contributed by atoms with Crippen molar-refractivity contribution in [2.75, 3.05) is 0 Å². The number of rotatable bonds is 1. The molecule has 8 atom stereocenters. The number of fused-ring (bicyclic) bond motifs is 2. The van der Waals surface area contributed by atoms with Gasteiger partial charge in [-0.2, -0.15) is 0 Å². The van der Waals surface area contributed by atoms with Gasteiger partial charge in [-0.05, 0) is 12.3 Å². The molecule has 3 aliphatic rings. The monoisotopic (exact) mass is 324 g/mol. The van der Waals surface area contributed by atoms with Crippen LogP contribution in [-0.2, 0) is 19.1 Å². The Morgan fingerprint density at radius 1 is 1.39 bits per heavy atom. The molecule has 23 heavy (non-hydrogen) atoms. The molecule has 0 amide bonds. The van der Waals surface area contributed by atoms with Gasteiger partial charge >= 0.3 is 11.9 Å². The first-order chi connectivity index (χ1) is 10.7. The van der Waals surface area contributed by atoms with Gasteiger partial charge in [0.05, 0.1) is 18.1 Å². The summed E-state index contributed by atoms with van der Waals surface area (Å²) in [5, 5.41) is 21.7. The minimum Gasteiger partial charge on any atom is -0.462 e. The molecule has 2 aliphatic carbocycles. The Hall–Kier alpha value is -1.40. The summed E-state index contributed by atoms with van der Waals surface area (Å²) in [6.45, 7) is 8.92. The highest BCUT2D eigenvalue weighted by molar-refractivity contribution is 5.91. The van der Waals surface area contributed by atoms with Gasteiger partial charge in [-0.1, -0.05) is 20.4 Å². The van der Waals surface area contributed by atoms with E-state index in [1.807, 2.05) is 13.8 Å². The van der Waals surface area contributed by atoms with Gasteiger partial charge in [-0.3, -0.25) is 4.79 Å². The zero-order valence-electron chi connectivity index (χ0n) is 13.7. The van der Waals surface area contributed by atoms with E-state index in [1.54, 1.807) is 0 Å². The second kappa shape index (κ2) is 5.31. The average molecular weight is 324 g/mol. The van der Waals surface area contributed by atoms with Crippen molar-refractivity contribution in [3.8, 4) is 0 Å². The Kier molecular flexibility index (Phi) is 3.80. The van der Waals surface area contributed by atoms with Gasteiger partial charge in [-0.15, -0.1) is 0 Å². The van der Waals surface area contributed by atoms with Crippen molar-refractivity contribution in [3.05, 3.63) is 12.2 Å². The number of carbonyl (C=O) groups excluding carboxylic acids is 2. The molecule has 1 saturated heterocycles. The average Bonchev–Trinajstić information content (AvgIpc) is 2.81. The van der Waals surface area contributed by atoms with Crippen molar-refractivity contribution in [2.45, 2.75) is 58.0 Å². The molecular formula is C17H24O6. The maximum absolute atomic E-state index is 11.8. The summed E-state index contributed by atoms with van der Waals surface area (Å²) < 4.78 is 10.8. The number of aliphatic hydroxyl groups is 2. The SMILES string of the molecule is C=C1C(=O)O[C@@H]2C[C@@H](C)[C@@H]3[C@@H](OC(C)=O)C[C@H](O)[C@@]3(C)[C@@H](O)[C@H]12. The highest BCUT2D eigenvalue weighted by atomic mass is 16.6. The molecule has 6 nitrogen and oxygen atoms in total. The topological polar surface area (TPSA) is 93.1 Å². The fourth-order valence-electron chi connectivity index (χ4n) is 5.09. The normalized spacial score (nSPS) is 49.2. The highest BCUT2D eigenvalue weighted by Gasteiger charge is 2.64. The molecule has 0 aromatic carbocycles. The van der Waals surface area contributed by atoms with Crippen LogP contribution in [0.1, 0.15) is 33.6 Å². The Bertz CT molecular complexity index is 557. The molecule has 0 radical (unpaired) electrons. The lowest BCUT2D eigenvalue weighted by Crippen LogP contribution is -2.49. The summed E-state index contributed by atoms with van der Waals surface area (Å²) in [6.07, 6.45) is -1.83. The molecule has 1 heterocycles. The number of hydrogen-bond acceptors (Lipinski definition) is 6. The van der Waals surface area contributed by atoms with E-state index in [9.17, 15) is 19.8 Å². The summed E-state index contributed by atoms with van der Waals surface area (Å²) in [5.74, 6) is -1.57. The first kappa shape index (κ1) is 16.5. The molecule has 3 fully saturated rings. The second-order valence-corrected chi connectivity index (χ2v) is 7.44. The molecule has 6 heteroatoms. The van der Waals surface area contributed by atoms with Crippen molar-refractivity contribution in [3.63, 3.8) is 0 Å². The number of aliphatic hydroxyl groups excluding tert-OH is 2. The lowest BCUT2D eigenvalue weighted by Gasteiger charge is -2.41. The van der Waals surface area contributed by atoms with Gasteiger partial charge in [0.25, 0.3) is 0 Å². The van der Waals surface area contributed by atoms with Crippen molar-refractivity contribution >= 4 is 11.9 Å². The van der Waals surface area contributed by atoms with Crippen LogP contribution >= 0.6 is 0 Å². The quantitative estimate of drug-likeness (QED) is 0.547. The van der Waals surface area contributed by atoms with E-state index < -0.39 is 47.7 Å². The van der Waals surface area contributed by atoms with Crippen molar-refractivity contribution in [2.24, 2.45) is 23.2 Å². The van der Waals surface area contributed by atoms with Crippen LogP contribution in [0.3, 0.4) is 0 Å². The number of hydrogen-bond donors (Lipinski definition) is 2. The fraction of sp³-hybridized carbons (Fsp3) is 0.765. The molecule has 0 spiro atoms. The van der Waals surface area contributed by atoms with Crippen molar-refractivity contribution in [1.29, 1.82) is 0 Å². The van der Waals surface area contributed by atoms with Crippen molar-refractivity contribution < 1.29 is 29.3 Å². The van der Waals surface area contributed by atoms with E-state index in [0.29, 0.717) is 12.8 Å².